The summed E-state index contributed by atoms with van der Waals surface area (Å²) in [4.78, 5) is 26.7. The number of carbonyl (C=O) groups is 2. The van der Waals surface area contributed by atoms with Crippen molar-refractivity contribution in [3.63, 3.8) is 0 Å². The number of hydrogen-bond donors (Lipinski definition) is 2. The molecule has 0 aromatic heterocycles. The number of rotatable bonds is 7. The number of anilines is 1. The lowest BCUT2D eigenvalue weighted by Crippen LogP contribution is -2.23. The number of phenolic OH excluding ortho intramolecular Hbond substituents is 1. The van der Waals surface area contributed by atoms with E-state index in [1.54, 1.807) is 42.1 Å². The first-order valence-electron chi connectivity index (χ1n) is 11.5. The number of hydrogen-bond acceptors (Lipinski definition) is 5. The Balaban J connectivity index is 1.46. The SMILES string of the molecule is CCCCCC1CCC(CSc2cc(O)c3c(c2N)C(=O)c2ccccc2C3=O)CC1. The van der Waals surface area contributed by atoms with Crippen LogP contribution < -0.4 is 5.73 Å². The van der Waals surface area contributed by atoms with Crippen LogP contribution in [-0.2, 0) is 0 Å². The molecule has 2 aliphatic carbocycles. The van der Waals surface area contributed by atoms with Crippen LogP contribution in [0.1, 0.15) is 90.1 Å². The van der Waals surface area contributed by atoms with Crippen molar-refractivity contribution in [1.82, 2.24) is 0 Å². The van der Waals surface area contributed by atoms with Crippen molar-refractivity contribution in [2.75, 3.05) is 11.5 Å². The molecular weight excluding hydrogens is 406 g/mol. The molecule has 2 aliphatic rings. The molecule has 4 nitrogen and oxygen atoms in total. The zero-order chi connectivity index (χ0) is 22.0. The minimum atomic E-state index is -0.340. The molecule has 0 amide bonds. The Bertz CT molecular complexity index is 992. The molecular formula is C26H31NO3S. The Morgan fingerprint density at radius 2 is 1.58 bits per heavy atom. The average Bonchev–Trinajstić information content (AvgIpc) is 2.79. The van der Waals surface area contributed by atoms with E-state index in [1.165, 1.54) is 51.4 Å². The van der Waals surface area contributed by atoms with Gasteiger partial charge in [0.25, 0.3) is 0 Å². The van der Waals surface area contributed by atoms with E-state index < -0.39 is 0 Å². The van der Waals surface area contributed by atoms with E-state index in [1.807, 2.05) is 0 Å². The summed E-state index contributed by atoms with van der Waals surface area (Å²) < 4.78 is 0. The molecule has 0 saturated heterocycles. The zero-order valence-corrected chi connectivity index (χ0v) is 19.0. The van der Waals surface area contributed by atoms with Gasteiger partial charge in [-0.25, -0.2) is 0 Å². The van der Waals surface area contributed by atoms with Crippen molar-refractivity contribution < 1.29 is 14.7 Å². The maximum Gasteiger partial charge on any atom is 0.198 e. The van der Waals surface area contributed by atoms with Gasteiger partial charge in [0.1, 0.15) is 5.75 Å². The first kappa shape index (κ1) is 21.9. The number of phenols is 1. The van der Waals surface area contributed by atoms with Crippen LogP contribution in [0.5, 0.6) is 5.75 Å². The van der Waals surface area contributed by atoms with Crippen LogP contribution in [0.15, 0.2) is 35.2 Å². The van der Waals surface area contributed by atoms with E-state index in [4.69, 9.17) is 5.73 Å². The lowest BCUT2D eigenvalue weighted by Gasteiger charge is -2.28. The van der Waals surface area contributed by atoms with Gasteiger partial charge in [-0.3, -0.25) is 9.59 Å². The third kappa shape index (κ3) is 4.38. The summed E-state index contributed by atoms with van der Waals surface area (Å²) in [5.74, 6) is 1.64. The number of aromatic hydroxyl groups is 1. The van der Waals surface area contributed by atoms with Gasteiger partial charge in [0.15, 0.2) is 11.6 Å². The van der Waals surface area contributed by atoms with Crippen molar-refractivity contribution in [3.8, 4) is 5.75 Å². The van der Waals surface area contributed by atoms with Crippen molar-refractivity contribution in [1.29, 1.82) is 0 Å². The molecule has 4 rings (SSSR count). The number of nitrogens with two attached hydrogens (primary N) is 1. The van der Waals surface area contributed by atoms with Gasteiger partial charge < -0.3 is 10.8 Å². The fourth-order valence-electron chi connectivity index (χ4n) is 4.97. The minimum Gasteiger partial charge on any atom is -0.507 e. The van der Waals surface area contributed by atoms with Crippen LogP contribution in [0.4, 0.5) is 5.69 Å². The van der Waals surface area contributed by atoms with E-state index in [9.17, 15) is 14.7 Å². The van der Waals surface area contributed by atoms with Gasteiger partial charge in [-0.05, 0) is 30.7 Å². The van der Waals surface area contributed by atoms with E-state index >= 15 is 0 Å². The highest BCUT2D eigenvalue weighted by Gasteiger charge is 2.35. The molecule has 1 fully saturated rings. The van der Waals surface area contributed by atoms with Gasteiger partial charge in [-0.2, -0.15) is 0 Å². The van der Waals surface area contributed by atoms with Crippen LogP contribution >= 0.6 is 11.8 Å². The van der Waals surface area contributed by atoms with Crippen LogP contribution in [0.3, 0.4) is 0 Å². The molecule has 0 aliphatic heterocycles. The largest absolute Gasteiger partial charge is 0.507 e. The number of ketones is 2. The Kier molecular flexibility index (Phi) is 6.71. The molecule has 0 heterocycles. The minimum absolute atomic E-state index is 0.0399. The number of fused-ring (bicyclic) bond motifs is 2. The summed E-state index contributed by atoms with van der Waals surface area (Å²) in [5.41, 5.74) is 7.58. The quantitative estimate of drug-likeness (QED) is 0.198. The molecule has 0 atom stereocenters. The smallest absolute Gasteiger partial charge is 0.198 e. The van der Waals surface area contributed by atoms with Crippen molar-refractivity contribution in [2.24, 2.45) is 11.8 Å². The maximum atomic E-state index is 13.1. The molecule has 0 unspecified atom stereocenters. The van der Waals surface area contributed by atoms with Gasteiger partial charge >= 0.3 is 0 Å². The second kappa shape index (κ2) is 9.47. The van der Waals surface area contributed by atoms with Gasteiger partial charge in [-0.15, -0.1) is 11.8 Å². The lowest BCUT2D eigenvalue weighted by atomic mass is 9.80. The molecule has 164 valence electrons. The van der Waals surface area contributed by atoms with E-state index in [-0.39, 0.29) is 28.4 Å². The maximum absolute atomic E-state index is 13.1. The predicted octanol–water partition coefficient (Wildman–Crippen LogP) is 6.23. The summed E-state index contributed by atoms with van der Waals surface area (Å²) in [6.07, 6.45) is 10.4. The van der Waals surface area contributed by atoms with E-state index in [2.05, 4.69) is 6.92 Å². The monoisotopic (exact) mass is 437 g/mol. The fraction of sp³-hybridized carbons (Fsp3) is 0.462. The first-order valence-corrected chi connectivity index (χ1v) is 12.5. The summed E-state index contributed by atoms with van der Waals surface area (Å²) in [6.45, 7) is 2.25. The molecule has 0 bridgehead atoms. The van der Waals surface area contributed by atoms with Crippen LogP contribution in [0.2, 0.25) is 0 Å². The third-order valence-electron chi connectivity index (χ3n) is 6.84. The Hall–Kier alpha value is -2.27. The second-order valence-corrected chi connectivity index (χ2v) is 10.0. The van der Waals surface area contributed by atoms with Gasteiger partial charge in [-0.1, -0.05) is 69.7 Å². The number of nitrogen functional groups attached to an aromatic ring is 1. The first-order chi connectivity index (χ1) is 15.0. The zero-order valence-electron chi connectivity index (χ0n) is 18.2. The molecule has 5 heteroatoms. The summed E-state index contributed by atoms with van der Waals surface area (Å²) in [7, 11) is 0. The molecule has 3 N–H and O–H groups in total. The predicted molar refractivity (Wildman–Crippen MR) is 126 cm³/mol. The highest BCUT2D eigenvalue weighted by molar-refractivity contribution is 7.99. The van der Waals surface area contributed by atoms with Crippen molar-refractivity contribution >= 4 is 29.0 Å². The Morgan fingerprint density at radius 3 is 2.23 bits per heavy atom. The fourth-order valence-corrected chi connectivity index (χ4v) is 6.17. The summed E-state index contributed by atoms with van der Waals surface area (Å²) in [5, 5.41) is 10.6. The topological polar surface area (TPSA) is 80.4 Å². The molecule has 1 saturated carbocycles. The Labute approximate surface area is 188 Å². The van der Waals surface area contributed by atoms with Crippen LogP contribution in [0, 0.1) is 11.8 Å². The number of thioether (sulfide) groups is 1. The van der Waals surface area contributed by atoms with Gasteiger partial charge in [0.2, 0.25) is 0 Å². The standard InChI is InChI=1S/C26H31NO3S/c1-2-3-4-7-16-10-12-17(13-11-16)15-31-21-14-20(28)22-23(24(21)27)26(30)19-9-6-5-8-18(19)25(22)29/h5-6,8-9,14,16-17,28H,2-4,7,10-13,15,27H2,1H3. The Morgan fingerprint density at radius 1 is 0.968 bits per heavy atom. The van der Waals surface area contributed by atoms with Crippen molar-refractivity contribution in [3.05, 3.63) is 52.6 Å². The molecule has 0 spiro atoms. The molecule has 31 heavy (non-hydrogen) atoms. The lowest BCUT2D eigenvalue weighted by molar-refractivity contribution is 0.0977. The van der Waals surface area contributed by atoms with E-state index in [0.29, 0.717) is 27.6 Å². The van der Waals surface area contributed by atoms with Crippen molar-refractivity contribution in [2.45, 2.75) is 63.2 Å². The highest BCUT2D eigenvalue weighted by Crippen LogP contribution is 2.43. The highest BCUT2D eigenvalue weighted by atomic mass is 32.2. The molecule has 0 radical (unpaired) electrons. The number of benzene rings is 2. The van der Waals surface area contributed by atoms with Gasteiger partial charge in [0.05, 0.1) is 16.8 Å². The number of carbonyl (C=O) groups excluding carboxylic acids is 2. The van der Waals surface area contributed by atoms with Crippen LogP contribution in [-0.4, -0.2) is 22.4 Å². The van der Waals surface area contributed by atoms with Crippen LogP contribution in [0.25, 0.3) is 0 Å². The molecule has 2 aromatic rings. The summed E-state index contributed by atoms with van der Waals surface area (Å²) in [6, 6.07) is 8.29. The summed E-state index contributed by atoms with van der Waals surface area (Å²) >= 11 is 1.60. The second-order valence-electron chi connectivity index (χ2n) is 8.95. The molecule has 2 aromatic carbocycles. The number of unbranched alkanes of at least 4 members (excludes halogenated alkanes) is 2. The average molecular weight is 438 g/mol. The van der Waals surface area contributed by atoms with Gasteiger partial charge in [0, 0.05) is 21.8 Å². The normalized spacial score (nSPS) is 20.4. The third-order valence-corrected chi connectivity index (χ3v) is 8.12. The van der Waals surface area contributed by atoms with E-state index in [0.717, 1.165) is 11.7 Å².